The maximum atomic E-state index is 11.4. The summed E-state index contributed by atoms with van der Waals surface area (Å²) >= 11 is 0. The minimum Gasteiger partial charge on any atom is -0.872 e. The van der Waals surface area contributed by atoms with E-state index in [0.717, 1.165) is 18.2 Å². The van der Waals surface area contributed by atoms with Gasteiger partial charge in [0.25, 0.3) is 5.69 Å². The number of H-pyrrole nitrogens is 1. The Kier molecular flexibility index (Phi) is 2.77. The predicted octanol–water partition coefficient (Wildman–Crippen LogP) is 0.537. The largest absolute Gasteiger partial charge is 0.872 e. The summed E-state index contributed by atoms with van der Waals surface area (Å²) in [6.07, 6.45) is 2.47. The van der Waals surface area contributed by atoms with Crippen LogP contribution in [0.15, 0.2) is 29.5 Å². The standard InChI is InChI=1S/C9H7N5O3/c15-8-2-1-7(14(16)17)3-6(8)4-10-9-11-5-12-13-9/h1-5,15H,(H,11,12,13)/p-1. The zero-order valence-electron chi connectivity index (χ0n) is 8.40. The SMILES string of the molecule is O=[N+]([O-])c1ccc([O-])c(C=Nc2ncn[nH]2)c1. The third-order valence-electron chi connectivity index (χ3n) is 1.93. The number of benzene rings is 1. The summed E-state index contributed by atoms with van der Waals surface area (Å²) in [5.41, 5.74) is -0.0424. The van der Waals surface area contributed by atoms with Crippen LogP contribution >= 0.6 is 0 Å². The number of nitrogens with zero attached hydrogens (tertiary/aromatic N) is 4. The summed E-state index contributed by atoms with van der Waals surface area (Å²) in [6.45, 7) is 0. The Morgan fingerprint density at radius 3 is 2.94 bits per heavy atom. The fourth-order valence-electron chi connectivity index (χ4n) is 1.14. The Bertz CT molecular complexity index is 564. The van der Waals surface area contributed by atoms with Crippen LogP contribution in [0.4, 0.5) is 11.6 Å². The van der Waals surface area contributed by atoms with Gasteiger partial charge in [-0.2, -0.15) is 10.1 Å². The van der Waals surface area contributed by atoms with E-state index in [-0.39, 0.29) is 22.9 Å². The molecule has 17 heavy (non-hydrogen) atoms. The lowest BCUT2D eigenvalue weighted by Crippen LogP contribution is -1.98. The highest BCUT2D eigenvalue weighted by Crippen LogP contribution is 2.19. The van der Waals surface area contributed by atoms with Crippen LogP contribution in [0.1, 0.15) is 5.56 Å². The van der Waals surface area contributed by atoms with E-state index in [1.807, 2.05) is 0 Å². The van der Waals surface area contributed by atoms with Crippen LogP contribution in [0.5, 0.6) is 5.75 Å². The molecule has 0 spiro atoms. The molecule has 1 aromatic carbocycles. The normalized spacial score (nSPS) is 10.8. The molecule has 1 aromatic heterocycles. The summed E-state index contributed by atoms with van der Waals surface area (Å²) in [5.74, 6) is -0.130. The number of hydrogen-bond donors (Lipinski definition) is 1. The quantitative estimate of drug-likeness (QED) is 0.470. The Morgan fingerprint density at radius 2 is 2.29 bits per heavy atom. The van der Waals surface area contributed by atoms with E-state index in [4.69, 9.17) is 0 Å². The molecule has 8 heteroatoms. The van der Waals surface area contributed by atoms with Gasteiger partial charge in [0.2, 0.25) is 5.95 Å². The first kappa shape index (κ1) is 10.7. The molecule has 8 nitrogen and oxygen atoms in total. The van der Waals surface area contributed by atoms with Crippen molar-refractivity contribution in [1.29, 1.82) is 0 Å². The molecule has 1 heterocycles. The van der Waals surface area contributed by atoms with Crippen molar-refractivity contribution in [2.24, 2.45) is 4.99 Å². The van der Waals surface area contributed by atoms with Crippen LogP contribution in [0.25, 0.3) is 0 Å². The number of aromatic amines is 1. The first-order valence-electron chi connectivity index (χ1n) is 4.52. The fraction of sp³-hybridized carbons (Fsp3) is 0. The summed E-state index contributed by atoms with van der Waals surface area (Å²) in [4.78, 5) is 17.5. The van der Waals surface area contributed by atoms with Gasteiger partial charge >= 0.3 is 0 Å². The molecular weight excluding hydrogens is 226 g/mol. The Labute approximate surface area is 94.8 Å². The van der Waals surface area contributed by atoms with Crippen LogP contribution in [0.2, 0.25) is 0 Å². The van der Waals surface area contributed by atoms with Crippen molar-refractivity contribution in [3.63, 3.8) is 0 Å². The predicted molar refractivity (Wildman–Crippen MR) is 56.2 cm³/mol. The molecule has 0 fully saturated rings. The van der Waals surface area contributed by atoms with Crippen molar-refractivity contribution >= 4 is 17.9 Å². The second-order valence-electron chi connectivity index (χ2n) is 3.05. The first-order chi connectivity index (χ1) is 8.16. The van der Waals surface area contributed by atoms with Crippen molar-refractivity contribution in [3.05, 3.63) is 40.2 Å². The molecule has 0 aliphatic carbocycles. The summed E-state index contributed by atoms with van der Waals surface area (Å²) < 4.78 is 0. The van der Waals surface area contributed by atoms with Crippen molar-refractivity contribution < 1.29 is 10.0 Å². The smallest absolute Gasteiger partial charge is 0.270 e. The molecule has 0 saturated heterocycles. The zero-order valence-corrected chi connectivity index (χ0v) is 8.40. The first-order valence-corrected chi connectivity index (χ1v) is 4.52. The zero-order chi connectivity index (χ0) is 12.3. The Balaban J connectivity index is 2.31. The summed E-state index contributed by atoms with van der Waals surface area (Å²) in [7, 11) is 0. The van der Waals surface area contributed by atoms with E-state index in [2.05, 4.69) is 20.2 Å². The van der Waals surface area contributed by atoms with E-state index in [9.17, 15) is 15.2 Å². The van der Waals surface area contributed by atoms with Gasteiger partial charge in [0.1, 0.15) is 6.33 Å². The number of nitro benzene ring substituents is 1. The average Bonchev–Trinajstić information content (AvgIpc) is 2.80. The molecule has 0 atom stereocenters. The lowest BCUT2D eigenvalue weighted by atomic mass is 10.2. The third-order valence-corrected chi connectivity index (χ3v) is 1.93. The number of nitrogens with one attached hydrogen (secondary N) is 1. The molecule has 0 aliphatic rings. The van der Waals surface area contributed by atoms with Gasteiger partial charge in [-0.1, -0.05) is 11.8 Å². The van der Waals surface area contributed by atoms with Gasteiger partial charge in [0.15, 0.2) is 0 Å². The molecule has 2 rings (SSSR count). The molecule has 1 N–H and O–H groups in total. The molecule has 0 aliphatic heterocycles. The number of aliphatic imine (C=N–C) groups is 1. The third kappa shape index (κ3) is 2.43. The van der Waals surface area contributed by atoms with Crippen LogP contribution in [0, 0.1) is 10.1 Å². The monoisotopic (exact) mass is 232 g/mol. The number of nitro groups is 1. The molecule has 0 radical (unpaired) electrons. The average molecular weight is 232 g/mol. The van der Waals surface area contributed by atoms with Gasteiger partial charge in [0, 0.05) is 18.3 Å². The number of aromatic nitrogens is 3. The van der Waals surface area contributed by atoms with E-state index in [1.165, 1.54) is 12.5 Å². The summed E-state index contributed by atoms with van der Waals surface area (Å²) in [5, 5.41) is 28.0. The molecular formula is C9H6N5O3-. The maximum absolute atomic E-state index is 11.4. The number of hydrogen-bond acceptors (Lipinski definition) is 6. The van der Waals surface area contributed by atoms with Crippen molar-refractivity contribution in [2.75, 3.05) is 0 Å². The Hall–Kier alpha value is -2.77. The van der Waals surface area contributed by atoms with Gasteiger partial charge in [-0.15, -0.1) is 0 Å². The van der Waals surface area contributed by atoms with Crippen molar-refractivity contribution in [1.82, 2.24) is 15.2 Å². The van der Waals surface area contributed by atoms with Gasteiger partial charge in [0.05, 0.1) is 4.92 Å². The van der Waals surface area contributed by atoms with E-state index >= 15 is 0 Å². The van der Waals surface area contributed by atoms with Crippen LogP contribution in [-0.4, -0.2) is 26.3 Å². The van der Waals surface area contributed by atoms with Crippen LogP contribution in [-0.2, 0) is 0 Å². The number of rotatable bonds is 3. The highest BCUT2D eigenvalue weighted by Gasteiger charge is 2.05. The lowest BCUT2D eigenvalue weighted by Gasteiger charge is -2.07. The van der Waals surface area contributed by atoms with Gasteiger partial charge in [-0.3, -0.25) is 10.1 Å². The highest BCUT2D eigenvalue weighted by atomic mass is 16.6. The summed E-state index contributed by atoms with van der Waals surface area (Å²) in [6, 6.07) is 3.43. The lowest BCUT2D eigenvalue weighted by molar-refractivity contribution is -0.385. The van der Waals surface area contributed by atoms with Gasteiger partial charge in [-0.25, -0.2) is 10.1 Å². The fourth-order valence-corrected chi connectivity index (χ4v) is 1.14. The van der Waals surface area contributed by atoms with Crippen molar-refractivity contribution in [2.45, 2.75) is 0 Å². The minimum absolute atomic E-state index is 0.121. The van der Waals surface area contributed by atoms with Crippen LogP contribution < -0.4 is 5.11 Å². The van der Waals surface area contributed by atoms with Crippen molar-refractivity contribution in [3.8, 4) is 5.75 Å². The molecule has 0 bridgehead atoms. The molecule has 86 valence electrons. The molecule has 0 unspecified atom stereocenters. The molecule has 0 saturated carbocycles. The van der Waals surface area contributed by atoms with E-state index in [1.54, 1.807) is 0 Å². The maximum Gasteiger partial charge on any atom is 0.270 e. The Morgan fingerprint density at radius 1 is 1.47 bits per heavy atom. The van der Waals surface area contributed by atoms with Gasteiger partial charge < -0.3 is 5.11 Å². The van der Waals surface area contributed by atoms with E-state index in [0.29, 0.717) is 0 Å². The second kappa shape index (κ2) is 4.39. The van der Waals surface area contributed by atoms with Crippen LogP contribution in [0.3, 0.4) is 0 Å². The molecule has 0 amide bonds. The van der Waals surface area contributed by atoms with Gasteiger partial charge in [-0.05, 0) is 5.56 Å². The molecule has 2 aromatic rings. The second-order valence-corrected chi connectivity index (χ2v) is 3.05. The topological polar surface area (TPSA) is 120 Å². The highest BCUT2D eigenvalue weighted by molar-refractivity contribution is 5.85. The number of non-ortho nitro benzene ring substituents is 1. The minimum atomic E-state index is -0.578. The van der Waals surface area contributed by atoms with E-state index < -0.39 is 4.92 Å².